The maximum Gasteiger partial charge on any atom is 0.487 e. The molecule has 0 spiro atoms. The lowest BCUT2D eigenvalue weighted by molar-refractivity contribution is -0.144. The van der Waals surface area contributed by atoms with Crippen molar-refractivity contribution >= 4 is 18.9 Å². The smallest absolute Gasteiger partial charge is 0.487 e. The minimum absolute atomic E-state index is 0.150. The number of carbonyl (C=O) groups excluding carboxylic acids is 2. The SMILES string of the molecule is O=C1[C@H]2[C@H](CC(COc3ccccc3)=C3B(O)O[C@H](c4ccc(O)c(F)c4)C[C@H]32)C(=O)N1C1CCN(Cc2ccccc2)CC1. The molecule has 2 N–H and O–H groups in total. The molecule has 0 bridgehead atoms. The molecule has 232 valence electrons. The van der Waals surface area contributed by atoms with Gasteiger partial charge >= 0.3 is 7.12 Å². The summed E-state index contributed by atoms with van der Waals surface area (Å²) in [7, 11) is -1.35. The number of halogens is 1. The standard InChI is InChI=1S/C35H36BFN2O6/c37-29-18-23(11-12-30(29)40)31-19-27-32-28(17-24(33(27)36(43)45-31)21-44-26-9-5-2-6-10-26)34(41)39(35(32)42)25-13-15-38(16-14-25)20-22-7-3-1-4-8-22/h1-12,18,25,27-28,31-32,40,43H,13-17,19-21H2/t27-,28-,31-,32+/m0/s1. The highest BCUT2D eigenvalue weighted by atomic mass is 19.1. The van der Waals surface area contributed by atoms with E-state index in [1.165, 1.54) is 22.6 Å². The van der Waals surface area contributed by atoms with Crippen molar-refractivity contribution in [2.24, 2.45) is 17.8 Å². The number of hydrogen-bond acceptors (Lipinski definition) is 7. The third kappa shape index (κ3) is 5.78. The first-order valence-electron chi connectivity index (χ1n) is 15.7. The minimum atomic E-state index is -1.35. The number of carbonyl (C=O) groups is 2. The number of benzene rings is 3. The number of allylic oxidation sites excluding steroid dienone is 1. The molecular weight excluding hydrogens is 574 g/mol. The fraction of sp³-hybridized carbons (Fsp3) is 0.371. The zero-order chi connectivity index (χ0) is 31.1. The van der Waals surface area contributed by atoms with Gasteiger partial charge in [-0.05, 0) is 78.0 Å². The summed E-state index contributed by atoms with van der Waals surface area (Å²) in [6.45, 7) is 2.56. The van der Waals surface area contributed by atoms with E-state index in [1.807, 2.05) is 48.5 Å². The van der Waals surface area contributed by atoms with Crippen LogP contribution < -0.4 is 4.74 Å². The number of ether oxygens (including phenoxy) is 1. The normalized spacial score (nSPS) is 25.8. The maximum atomic E-state index is 14.3. The number of para-hydroxylation sites is 1. The number of fused-ring (bicyclic) bond motifs is 3. The third-order valence-corrected chi connectivity index (χ3v) is 9.92. The van der Waals surface area contributed by atoms with Crippen molar-refractivity contribution in [3.63, 3.8) is 0 Å². The van der Waals surface area contributed by atoms with E-state index in [1.54, 1.807) is 6.07 Å². The molecule has 0 aromatic heterocycles. The van der Waals surface area contributed by atoms with Crippen LogP contribution in [0.15, 0.2) is 89.9 Å². The Bertz CT molecular complexity index is 1600. The number of piperidine rings is 1. The number of phenols is 1. The third-order valence-electron chi connectivity index (χ3n) is 9.92. The Labute approximate surface area is 262 Å². The number of rotatable bonds is 7. The van der Waals surface area contributed by atoms with E-state index < -0.39 is 42.5 Å². The summed E-state index contributed by atoms with van der Waals surface area (Å²) in [4.78, 5) is 32.2. The fourth-order valence-electron chi connectivity index (χ4n) is 7.73. The molecule has 3 heterocycles. The molecular formula is C35H36BFN2O6. The van der Waals surface area contributed by atoms with E-state index in [0.29, 0.717) is 36.0 Å². The summed E-state index contributed by atoms with van der Waals surface area (Å²) in [5.74, 6) is -2.64. The van der Waals surface area contributed by atoms with Crippen LogP contribution in [0.3, 0.4) is 0 Å². The summed E-state index contributed by atoms with van der Waals surface area (Å²) >= 11 is 0. The monoisotopic (exact) mass is 610 g/mol. The quantitative estimate of drug-likeness (QED) is 0.296. The van der Waals surface area contributed by atoms with Crippen LogP contribution >= 0.6 is 0 Å². The van der Waals surface area contributed by atoms with Crippen molar-refractivity contribution in [2.45, 2.75) is 44.4 Å². The van der Waals surface area contributed by atoms with Crippen molar-refractivity contribution in [3.05, 3.63) is 107 Å². The van der Waals surface area contributed by atoms with Gasteiger partial charge in [0.15, 0.2) is 11.6 Å². The number of aromatic hydroxyl groups is 1. The highest BCUT2D eigenvalue weighted by molar-refractivity contribution is 6.53. The molecule has 0 saturated carbocycles. The molecule has 3 aromatic rings. The van der Waals surface area contributed by atoms with Gasteiger partial charge in [0, 0.05) is 25.7 Å². The second kappa shape index (κ2) is 12.4. The summed E-state index contributed by atoms with van der Waals surface area (Å²) in [5.41, 5.74) is 3.03. The molecule has 8 nitrogen and oxygen atoms in total. The molecule has 0 unspecified atom stereocenters. The molecule has 3 saturated heterocycles. The van der Waals surface area contributed by atoms with E-state index in [2.05, 4.69) is 17.0 Å². The number of phenolic OH excluding ortho intramolecular Hbond substituents is 1. The van der Waals surface area contributed by atoms with Gasteiger partial charge in [0.1, 0.15) is 12.4 Å². The number of amides is 2. The first-order valence-corrected chi connectivity index (χ1v) is 15.7. The molecule has 3 aromatic carbocycles. The van der Waals surface area contributed by atoms with Gasteiger partial charge in [-0.1, -0.05) is 54.6 Å². The lowest BCUT2D eigenvalue weighted by Gasteiger charge is -2.42. The molecule has 4 aliphatic rings. The topological polar surface area (TPSA) is 99.5 Å². The van der Waals surface area contributed by atoms with E-state index >= 15 is 0 Å². The average molecular weight is 610 g/mol. The Kier molecular flexibility index (Phi) is 8.20. The molecule has 3 fully saturated rings. The summed E-state index contributed by atoms with van der Waals surface area (Å²) in [5, 5.41) is 21.1. The molecule has 1 aliphatic carbocycles. The Morgan fingerprint density at radius 1 is 0.933 bits per heavy atom. The maximum absolute atomic E-state index is 14.3. The van der Waals surface area contributed by atoms with Crippen LogP contribution in [0.25, 0.3) is 0 Å². The Morgan fingerprint density at radius 2 is 1.64 bits per heavy atom. The average Bonchev–Trinajstić information content (AvgIpc) is 3.31. The van der Waals surface area contributed by atoms with Crippen LogP contribution in [0.2, 0.25) is 0 Å². The van der Waals surface area contributed by atoms with Gasteiger partial charge in [0.25, 0.3) is 0 Å². The van der Waals surface area contributed by atoms with Crippen LogP contribution in [0, 0.1) is 23.6 Å². The van der Waals surface area contributed by atoms with Crippen LogP contribution in [0.1, 0.15) is 42.9 Å². The first kappa shape index (κ1) is 29.7. The Balaban J connectivity index is 1.14. The molecule has 0 radical (unpaired) electrons. The van der Waals surface area contributed by atoms with Crippen molar-refractivity contribution in [2.75, 3.05) is 19.7 Å². The van der Waals surface area contributed by atoms with E-state index in [0.717, 1.165) is 25.2 Å². The van der Waals surface area contributed by atoms with Crippen LogP contribution in [0.4, 0.5) is 4.39 Å². The summed E-state index contributed by atoms with van der Waals surface area (Å²) in [6.07, 6.45) is 1.28. The lowest BCUT2D eigenvalue weighted by Crippen LogP contribution is -2.48. The Morgan fingerprint density at radius 3 is 2.36 bits per heavy atom. The largest absolute Gasteiger partial charge is 0.505 e. The van der Waals surface area contributed by atoms with Crippen molar-refractivity contribution < 1.29 is 33.5 Å². The van der Waals surface area contributed by atoms with Crippen molar-refractivity contribution in [1.82, 2.24) is 9.80 Å². The summed E-state index contributed by atoms with van der Waals surface area (Å²) < 4.78 is 26.4. The molecule has 4 atom stereocenters. The van der Waals surface area contributed by atoms with Crippen molar-refractivity contribution in [3.8, 4) is 11.5 Å². The van der Waals surface area contributed by atoms with Crippen LogP contribution in [0.5, 0.6) is 11.5 Å². The minimum Gasteiger partial charge on any atom is -0.505 e. The van der Waals surface area contributed by atoms with Gasteiger partial charge in [-0.25, -0.2) is 4.39 Å². The van der Waals surface area contributed by atoms with Gasteiger partial charge in [0.2, 0.25) is 11.8 Å². The number of nitrogens with zero attached hydrogens (tertiary/aromatic N) is 2. The second-order valence-corrected chi connectivity index (χ2v) is 12.6. The molecule has 7 rings (SSSR count). The number of hydrogen-bond donors (Lipinski definition) is 2. The van der Waals surface area contributed by atoms with Crippen molar-refractivity contribution in [1.29, 1.82) is 0 Å². The number of imide groups is 1. The number of likely N-dealkylation sites (tertiary alicyclic amines) is 2. The van der Waals surface area contributed by atoms with Gasteiger partial charge in [-0.3, -0.25) is 19.4 Å². The molecule has 10 heteroatoms. The lowest BCUT2D eigenvalue weighted by atomic mass is 9.55. The summed E-state index contributed by atoms with van der Waals surface area (Å²) in [6, 6.07) is 23.4. The zero-order valence-electron chi connectivity index (χ0n) is 24.9. The van der Waals surface area contributed by atoms with Gasteiger partial charge in [-0.15, -0.1) is 0 Å². The second-order valence-electron chi connectivity index (χ2n) is 12.6. The Hall–Kier alpha value is -3.99. The van der Waals surface area contributed by atoms with E-state index in [9.17, 15) is 24.1 Å². The molecule has 2 amide bonds. The molecule has 3 aliphatic heterocycles. The predicted molar refractivity (Wildman–Crippen MR) is 165 cm³/mol. The van der Waals surface area contributed by atoms with Gasteiger partial charge in [0.05, 0.1) is 17.9 Å². The first-order chi connectivity index (χ1) is 21.9. The van der Waals surface area contributed by atoms with Gasteiger partial charge < -0.3 is 19.5 Å². The van der Waals surface area contributed by atoms with Crippen LogP contribution in [-0.4, -0.2) is 64.6 Å². The van der Waals surface area contributed by atoms with Crippen LogP contribution in [-0.2, 0) is 20.8 Å². The zero-order valence-corrected chi connectivity index (χ0v) is 24.9. The highest BCUT2D eigenvalue weighted by Crippen LogP contribution is 2.52. The van der Waals surface area contributed by atoms with E-state index in [-0.39, 0.29) is 30.9 Å². The fourth-order valence-corrected chi connectivity index (χ4v) is 7.73. The predicted octanol–water partition coefficient (Wildman–Crippen LogP) is 4.67. The highest BCUT2D eigenvalue weighted by Gasteiger charge is 2.59. The van der Waals surface area contributed by atoms with E-state index in [4.69, 9.17) is 9.39 Å². The van der Waals surface area contributed by atoms with Gasteiger partial charge in [-0.2, -0.15) is 0 Å². The molecule has 45 heavy (non-hydrogen) atoms.